The van der Waals surface area contributed by atoms with E-state index >= 15 is 0 Å². The van der Waals surface area contributed by atoms with Crippen LogP contribution in [0.3, 0.4) is 0 Å². The van der Waals surface area contributed by atoms with E-state index in [2.05, 4.69) is 40.7 Å². The van der Waals surface area contributed by atoms with Crippen LogP contribution in [0.1, 0.15) is 86.0 Å². The maximum Gasteiger partial charge on any atom is 0.335 e. The molecule has 18 nitrogen and oxygen atoms in total. The van der Waals surface area contributed by atoms with Crippen LogP contribution in [0.25, 0.3) is 0 Å². The van der Waals surface area contributed by atoms with Gasteiger partial charge in [0.05, 0.1) is 37.6 Å². The van der Waals surface area contributed by atoms with Crippen molar-refractivity contribution in [2.24, 2.45) is 46.3 Å². The summed E-state index contributed by atoms with van der Waals surface area (Å²) in [5.41, 5.74) is 1.16. The highest BCUT2D eigenvalue weighted by Crippen LogP contribution is 2.68. The molecular weight excluding hydrogens is 828 g/mol. The minimum absolute atomic E-state index is 0.0540. The van der Waals surface area contributed by atoms with Crippen molar-refractivity contribution in [1.82, 2.24) is 0 Å². The molecule has 5 unspecified atom stereocenters. The van der Waals surface area contributed by atoms with E-state index < -0.39 is 117 Å². The number of aliphatic carboxylic acids is 1. The van der Waals surface area contributed by atoms with Crippen LogP contribution in [-0.2, 0) is 42.7 Å². The van der Waals surface area contributed by atoms with Gasteiger partial charge in [-0.05, 0) is 91.3 Å². The first kappa shape index (κ1) is 46.7. The van der Waals surface area contributed by atoms with Crippen LogP contribution >= 0.6 is 0 Å². The van der Waals surface area contributed by atoms with Crippen LogP contribution in [0.2, 0.25) is 0 Å². The molecule has 0 amide bonds. The maximum atomic E-state index is 12.3. The lowest BCUT2D eigenvalue weighted by Crippen LogP contribution is -2.67. The topological polar surface area (TPSA) is 276 Å². The highest BCUT2D eigenvalue weighted by atomic mass is 16.8. The standard InChI is InChI=1S/C45H70O18/c1-6-17(2)35-36(60-35)18(3)21-7-8-22-20-14-25-24-13-19(9-11-45(24,5)23(20)10-12-44(21,22)4)57-42-39(33(52)32(51)37(61-42)40(54)55)63-43-38(31(50)28(47)26(15-46)58-43)62-41-34(53)30(49)29(48)27(59-41)16-56-25/h14,17-19,21-39,41-43,46-53H,6-13,15-16H2,1-5H3,(H,54,55)/t17?,18?,19-,21+,22?,23?,24?,25+,26+,27-,28-,29+,30-,31-,32-,33-,34+,35-,36-,37-,38+,39+,41-,42+,43-,44+,45+/m0/s1. The molecule has 4 aliphatic carbocycles. The fourth-order valence-electron chi connectivity index (χ4n) is 13.7. The number of epoxide rings is 1. The molecule has 18 heteroatoms. The fraction of sp³-hybridized carbons (Fsp3) is 0.933. The lowest BCUT2D eigenvalue weighted by Gasteiger charge is -2.60. The Labute approximate surface area is 367 Å². The van der Waals surface area contributed by atoms with Crippen molar-refractivity contribution in [1.29, 1.82) is 0 Å². The normalized spacial score (nSPS) is 55.5. The second kappa shape index (κ2) is 17.6. The second-order valence-electron chi connectivity index (χ2n) is 20.9. The van der Waals surface area contributed by atoms with Gasteiger partial charge in [0.1, 0.15) is 67.1 Å². The number of aliphatic hydroxyl groups is 8. The van der Waals surface area contributed by atoms with Crippen molar-refractivity contribution in [3.8, 4) is 0 Å². The molecule has 5 saturated heterocycles. The summed E-state index contributed by atoms with van der Waals surface area (Å²) in [6, 6.07) is 0. The molecule has 0 aromatic heterocycles. The summed E-state index contributed by atoms with van der Waals surface area (Å²) in [6.07, 6.45) is -17.4. The van der Waals surface area contributed by atoms with Crippen molar-refractivity contribution < 1.29 is 88.6 Å². The third kappa shape index (κ3) is 7.86. The average molecular weight is 899 g/mol. The van der Waals surface area contributed by atoms with E-state index in [1.54, 1.807) is 0 Å². The predicted octanol–water partition coefficient (Wildman–Crippen LogP) is -0.0428. The summed E-state index contributed by atoms with van der Waals surface area (Å²) in [5, 5.41) is 98.4. The fourth-order valence-corrected chi connectivity index (χ4v) is 13.7. The summed E-state index contributed by atoms with van der Waals surface area (Å²) in [6.45, 7) is 10.6. The van der Waals surface area contributed by atoms with E-state index in [9.17, 15) is 50.8 Å². The van der Waals surface area contributed by atoms with Crippen LogP contribution in [0.5, 0.6) is 0 Å². The second-order valence-corrected chi connectivity index (χ2v) is 20.9. The van der Waals surface area contributed by atoms with Gasteiger partial charge < -0.3 is 83.9 Å². The molecule has 5 heterocycles. The first-order valence-corrected chi connectivity index (χ1v) is 23.4. The number of carboxylic acids is 1. The smallest absolute Gasteiger partial charge is 0.335 e. The Morgan fingerprint density at radius 1 is 0.714 bits per heavy atom. The Kier molecular flexibility index (Phi) is 13.0. The van der Waals surface area contributed by atoms with E-state index in [0.717, 1.165) is 32.1 Å². The van der Waals surface area contributed by atoms with Gasteiger partial charge in [-0.3, -0.25) is 0 Å². The number of aliphatic hydroxyl groups excluding tert-OH is 8. The van der Waals surface area contributed by atoms with Crippen LogP contribution in [0, 0.1) is 46.3 Å². The zero-order valence-electron chi connectivity index (χ0n) is 36.8. The minimum atomic E-state index is -2.01. The molecule has 5 aliphatic heterocycles. The van der Waals surface area contributed by atoms with Gasteiger partial charge in [-0.1, -0.05) is 52.7 Å². The van der Waals surface area contributed by atoms with Gasteiger partial charge in [-0.25, -0.2) is 4.79 Å². The Hall–Kier alpha value is -1.43. The van der Waals surface area contributed by atoms with Crippen molar-refractivity contribution in [3.63, 3.8) is 0 Å². The van der Waals surface area contributed by atoms with Gasteiger partial charge in [-0.15, -0.1) is 0 Å². The Morgan fingerprint density at radius 2 is 1.38 bits per heavy atom. The Balaban J connectivity index is 1.07. The first-order chi connectivity index (χ1) is 29.9. The van der Waals surface area contributed by atoms with Gasteiger partial charge in [-0.2, -0.15) is 0 Å². The van der Waals surface area contributed by atoms with Crippen LogP contribution in [0.15, 0.2) is 11.6 Å². The maximum absolute atomic E-state index is 12.3. The van der Waals surface area contributed by atoms with E-state index in [1.165, 1.54) is 5.57 Å². The third-order valence-electron chi connectivity index (χ3n) is 17.7. The van der Waals surface area contributed by atoms with Gasteiger partial charge in [0.15, 0.2) is 25.0 Å². The highest BCUT2D eigenvalue weighted by molar-refractivity contribution is 5.73. The van der Waals surface area contributed by atoms with Crippen LogP contribution in [-0.4, -0.2) is 182 Å². The highest BCUT2D eigenvalue weighted by Gasteiger charge is 2.63. The summed E-state index contributed by atoms with van der Waals surface area (Å²) in [4.78, 5) is 12.3. The number of fused-ring (bicyclic) bond motifs is 9. The molecule has 0 aromatic rings. The number of carbonyl (C=O) groups is 1. The molecule has 27 atom stereocenters. The first-order valence-electron chi connectivity index (χ1n) is 23.4. The monoisotopic (exact) mass is 898 g/mol. The largest absolute Gasteiger partial charge is 0.479 e. The third-order valence-corrected chi connectivity index (χ3v) is 17.7. The number of allylic oxidation sites excluding steroid dienone is 1. The molecule has 63 heavy (non-hydrogen) atoms. The van der Waals surface area contributed by atoms with Gasteiger partial charge >= 0.3 is 5.97 Å². The molecular formula is C45H70O18. The molecule has 358 valence electrons. The van der Waals surface area contributed by atoms with Crippen molar-refractivity contribution >= 4 is 5.97 Å². The van der Waals surface area contributed by atoms with Crippen LogP contribution < -0.4 is 0 Å². The number of hydrogen-bond acceptors (Lipinski definition) is 17. The van der Waals surface area contributed by atoms with Gasteiger partial charge in [0, 0.05) is 0 Å². The summed E-state index contributed by atoms with van der Waals surface area (Å²) in [5.74, 6) is 0.273. The molecule has 9 rings (SSSR count). The minimum Gasteiger partial charge on any atom is -0.479 e. The predicted molar refractivity (Wildman–Crippen MR) is 215 cm³/mol. The summed E-state index contributed by atoms with van der Waals surface area (Å²) in [7, 11) is 0. The molecule has 0 spiro atoms. The Morgan fingerprint density at radius 3 is 2.08 bits per heavy atom. The molecule has 8 fully saturated rings. The quantitative estimate of drug-likeness (QED) is 0.125. The van der Waals surface area contributed by atoms with Gasteiger partial charge in [0.25, 0.3) is 0 Å². The Bertz CT molecular complexity index is 1690. The van der Waals surface area contributed by atoms with Gasteiger partial charge in [0.2, 0.25) is 0 Å². The lowest BCUT2D eigenvalue weighted by molar-refractivity contribution is -0.395. The van der Waals surface area contributed by atoms with E-state index in [1.807, 2.05) is 0 Å². The number of ether oxygens (including phenoxy) is 8. The van der Waals surface area contributed by atoms with E-state index in [4.69, 9.17) is 37.9 Å². The summed E-state index contributed by atoms with van der Waals surface area (Å²) >= 11 is 0. The lowest BCUT2D eigenvalue weighted by atomic mass is 9.47. The molecule has 3 saturated carbocycles. The molecule has 9 N–H and O–H groups in total. The SMILES string of the molecule is CCC(C)[C@@H]1O[C@H]1C(C)[C@H]1CCC2C3=C[C@H]4OC[C@@H]5O[C@@H](O[C@H]6[C@H](O[C@H]7[C@H](O[C@H]8CC[C@](C)(C3CC[C@@]21C)C4C8)O[C@H](C(=O)O)[C@@H](O)[C@@H]7O)O[C@H](CO)[C@H](O)[C@@H]6O)[C@H](O)[C@@H](O)[C@@H]5O. The zero-order chi connectivity index (χ0) is 45.0. The molecule has 0 radical (unpaired) electrons. The van der Waals surface area contributed by atoms with E-state index in [0.29, 0.717) is 49.0 Å². The molecule has 0 aromatic carbocycles. The van der Waals surface area contributed by atoms with E-state index in [-0.39, 0.29) is 35.4 Å². The molecule has 4 bridgehead atoms. The van der Waals surface area contributed by atoms with Crippen LogP contribution in [0.4, 0.5) is 0 Å². The number of carboxylic acid groups (broad SMARTS) is 1. The van der Waals surface area contributed by atoms with Crippen molar-refractivity contribution in [3.05, 3.63) is 11.6 Å². The zero-order valence-corrected chi connectivity index (χ0v) is 36.8. The average Bonchev–Trinajstić information content (AvgIpc) is 3.98. The number of rotatable bonds is 6. The molecule has 9 aliphatic rings. The summed E-state index contributed by atoms with van der Waals surface area (Å²) < 4.78 is 49.8. The van der Waals surface area contributed by atoms with Crippen molar-refractivity contribution in [2.45, 2.75) is 203 Å². The van der Waals surface area contributed by atoms with Crippen molar-refractivity contribution in [2.75, 3.05) is 13.2 Å². The number of hydrogen-bond donors (Lipinski definition) is 9.